The molecule has 0 amide bonds. The summed E-state index contributed by atoms with van der Waals surface area (Å²) < 4.78 is 26.0. The first-order chi connectivity index (χ1) is 18.8. The van der Waals surface area contributed by atoms with Gasteiger partial charge in [-0.15, -0.1) is 0 Å². The van der Waals surface area contributed by atoms with E-state index in [0.29, 0.717) is 6.42 Å². The highest BCUT2D eigenvalue weighted by Crippen LogP contribution is 2.35. The largest absolute Gasteiger partial charge is 0.469 e. The van der Waals surface area contributed by atoms with Crippen molar-refractivity contribution in [3.8, 4) is 0 Å². The zero-order valence-electron chi connectivity index (χ0n) is 24.5. The first-order valence-electron chi connectivity index (χ1n) is 15.1. The lowest BCUT2D eigenvalue weighted by Crippen LogP contribution is -2.29. The molecule has 9 heteroatoms. The molecule has 0 aromatic heterocycles. The van der Waals surface area contributed by atoms with E-state index >= 15 is 0 Å². The number of phosphoric ester groups is 1. The maximum Gasteiger partial charge on any atom is 0.469 e. The lowest BCUT2D eigenvalue weighted by Gasteiger charge is -2.18. The number of phosphoric acid groups is 1. The van der Waals surface area contributed by atoms with Crippen molar-refractivity contribution >= 4 is 19.8 Å². The van der Waals surface area contributed by atoms with Crippen LogP contribution < -0.4 is 0 Å². The summed E-state index contributed by atoms with van der Waals surface area (Å²) in [6.07, 6.45) is 26.3. The van der Waals surface area contributed by atoms with Crippen LogP contribution in [0.5, 0.6) is 0 Å². The van der Waals surface area contributed by atoms with Gasteiger partial charge in [-0.25, -0.2) is 4.57 Å². The molecule has 1 atom stereocenters. The van der Waals surface area contributed by atoms with Gasteiger partial charge in [0.2, 0.25) is 0 Å². The maximum absolute atomic E-state index is 12.2. The Morgan fingerprint density at radius 3 is 1.77 bits per heavy atom. The second kappa shape index (κ2) is 26.7. The van der Waals surface area contributed by atoms with Gasteiger partial charge in [-0.1, -0.05) is 109 Å². The summed E-state index contributed by atoms with van der Waals surface area (Å²) in [7, 11) is -4.74. The van der Waals surface area contributed by atoms with Gasteiger partial charge in [-0.3, -0.25) is 14.1 Å². The predicted octanol–water partition coefficient (Wildman–Crippen LogP) is 8.11. The Kier molecular flexibility index (Phi) is 25.7. The third-order valence-electron chi connectivity index (χ3n) is 6.22. The molecule has 0 aromatic carbocycles. The lowest BCUT2D eigenvalue weighted by molar-refractivity contribution is -0.161. The average Bonchev–Trinajstić information content (AvgIpc) is 2.89. The van der Waals surface area contributed by atoms with Crippen molar-refractivity contribution in [1.29, 1.82) is 0 Å². The second-order valence-corrected chi connectivity index (χ2v) is 11.3. The maximum atomic E-state index is 12.2. The summed E-state index contributed by atoms with van der Waals surface area (Å²) >= 11 is 0. The van der Waals surface area contributed by atoms with Crippen LogP contribution in [0.25, 0.3) is 0 Å². The second-order valence-electron chi connectivity index (χ2n) is 10.1. The molecule has 0 aliphatic rings. The molecule has 1 unspecified atom stereocenters. The Labute approximate surface area is 237 Å². The topological polar surface area (TPSA) is 119 Å². The number of allylic oxidation sites excluding steroid dienone is 4. The molecule has 0 heterocycles. The molecule has 0 rings (SSSR count). The van der Waals surface area contributed by atoms with Crippen molar-refractivity contribution in [2.24, 2.45) is 0 Å². The van der Waals surface area contributed by atoms with Crippen LogP contribution in [0.15, 0.2) is 24.3 Å². The SMILES string of the molecule is CCCC/C=C\C/C=C\CCCCCCCC(=O)OC(COC(=O)CCCCCCCCC)COP(=O)(O)O. The van der Waals surface area contributed by atoms with Gasteiger partial charge in [0.1, 0.15) is 6.61 Å². The zero-order chi connectivity index (χ0) is 29.0. The van der Waals surface area contributed by atoms with Gasteiger partial charge in [0.15, 0.2) is 6.10 Å². The molecule has 0 fully saturated rings. The summed E-state index contributed by atoms with van der Waals surface area (Å²) in [5, 5.41) is 0. The molecule has 0 radical (unpaired) electrons. The molecule has 8 nitrogen and oxygen atoms in total. The van der Waals surface area contributed by atoms with E-state index < -0.39 is 32.5 Å². The van der Waals surface area contributed by atoms with Gasteiger partial charge in [0.05, 0.1) is 6.61 Å². The van der Waals surface area contributed by atoms with Crippen molar-refractivity contribution < 1.29 is 37.9 Å². The molecular formula is C30H55O8P. The number of hydrogen-bond donors (Lipinski definition) is 2. The Morgan fingerprint density at radius 2 is 1.18 bits per heavy atom. The molecule has 0 saturated heterocycles. The number of esters is 2. The molecule has 0 saturated carbocycles. The molecule has 0 aromatic rings. The van der Waals surface area contributed by atoms with E-state index in [1.54, 1.807) is 0 Å². The van der Waals surface area contributed by atoms with Crippen molar-refractivity contribution in [3.63, 3.8) is 0 Å². The normalized spacial score (nSPS) is 12.8. The van der Waals surface area contributed by atoms with Gasteiger partial charge >= 0.3 is 19.8 Å². The van der Waals surface area contributed by atoms with Crippen LogP contribution in [-0.2, 0) is 28.2 Å². The van der Waals surface area contributed by atoms with Crippen molar-refractivity contribution in [2.45, 2.75) is 142 Å². The van der Waals surface area contributed by atoms with E-state index in [9.17, 15) is 14.2 Å². The number of unbranched alkanes of at least 4 members (excludes halogenated alkanes) is 13. The average molecular weight is 575 g/mol. The van der Waals surface area contributed by atoms with E-state index in [0.717, 1.165) is 70.6 Å². The third-order valence-corrected chi connectivity index (χ3v) is 6.71. The third kappa shape index (κ3) is 29.3. The van der Waals surface area contributed by atoms with Gasteiger partial charge in [-0.2, -0.15) is 0 Å². The van der Waals surface area contributed by atoms with E-state index in [-0.39, 0.29) is 19.4 Å². The molecule has 39 heavy (non-hydrogen) atoms. The van der Waals surface area contributed by atoms with Gasteiger partial charge in [0, 0.05) is 12.8 Å². The molecule has 0 bridgehead atoms. The fourth-order valence-corrected chi connectivity index (χ4v) is 4.28. The van der Waals surface area contributed by atoms with Crippen LogP contribution in [0.1, 0.15) is 136 Å². The lowest BCUT2D eigenvalue weighted by atomic mass is 10.1. The Morgan fingerprint density at radius 1 is 0.667 bits per heavy atom. The minimum Gasteiger partial charge on any atom is -0.462 e. The Hall–Kier alpha value is -1.47. The van der Waals surface area contributed by atoms with Crippen LogP contribution in [0.2, 0.25) is 0 Å². The predicted molar refractivity (Wildman–Crippen MR) is 156 cm³/mol. The number of rotatable bonds is 27. The molecule has 0 aliphatic carbocycles. The highest BCUT2D eigenvalue weighted by molar-refractivity contribution is 7.46. The summed E-state index contributed by atoms with van der Waals surface area (Å²) in [5.41, 5.74) is 0. The van der Waals surface area contributed by atoms with E-state index in [2.05, 4.69) is 42.7 Å². The number of hydrogen-bond acceptors (Lipinski definition) is 6. The monoisotopic (exact) mass is 574 g/mol. The number of carbonyl (C=O) groups excluding carboxylic acids is 2. The van der Waals surface area contributed by atoms with E-state index in [4.69, 9.17) is 19.3 Å². The fraction of sp³-hybridized carbons (Fsp3) is 0.800. The molecule has 0 spiro atoms. The highest BCUT2D eigenvalue weighted by atomic mass is 31.2. The Balaban J connectivity index is 4.07. The zero-order valence-corrected chi connectivity index (χ0v) is 25.4. The van der Waals surface area contributed by atoms with Crippen LogP contribution in [0.4, 0.5) is 0 Å². The van der Waals surface area contributed by atoms with Crippen LogP contribution in [0, 0.1) is 0 Å². The minimum absolute atomic E-state index is 0.197. The number of carbonyl (C=O) groups is 2. The number of ether oxygens (including phenoxy) is 2. The molecular weight excluding hydrogens is 519 g/mol. The first kappa shape index (κ1) is 37.5. The quantitative estimate of drug-likeness (QED) is 0.0437. The summed E-state index contributed by atoms with van der Waals surface area (Å²) in [6, 6.07) is 0. The molecule has 2 N–H and O–H groups in total. The highest BCUT2D eigenvalue weighted by Gasteiger charge is 2.22. The van der Waals surface area contributed by atoms with Crippen molar-refractivity contribution in [1.82, 2.24) is 0 Å². The van der Waals surface area contributed by atoms with Gasteiger partial charge in [0.25, 0.3) is 0 Å². The molecule has 228 valence electrons. The summed E-state index contributed by atoms with van der Waals surface area (Å²) in [4.78, 5) is 42.2. The van der Waals surface area contributed by atoms with E-state index in [1.807, 2.05) is 0 Å². The Bertz CT molecular complexity index is 701. The summed E-state index contributed by atoms with van der Waals surface area (Å²) in [5.74, 6) is -0.911. The minimum atomic E-state index is -4.74. The van der Waals surface area contributed by atoms with Crippen LogP contribution in [-0.4, -0.2) is 41.0 Å². The smallest absolute Gasteiger partial charge is 0.462 e. The fourth-order valence-electron chi connectivity index (χ4n) is 3.92. The van der Waals surface area contributed by atoms with Crippen molar-refractivity contribution in [3.05, 3.63) is 24.3 Å². The van der Waals surface area contributed by atoms with Crippen molar-refractivity contribution in [2.75, 3.05) is 13.2 Å². The summed E-state index contributed by atoms with van der Waals surface area (Å²) in [6.45, 7) is 3.54. The van der Waals surface area contributed by atoms with Gasteiger partial charge < -0.3 is 19.3 Å². The van der Waals surface area contributed by atoms with Crippen LogP contribution >= 0.6 is 7.82 Å². The van der Waals surface area contributed by atoms with Gasteiger partial charge in [-0.05, 0) is 38.5 Å². The first-order valence-corrected chi connectivity index (χ1v) is 16.7. The van der Waals surface area contributed by atoms with Crippen LogP contribution in [0.3, 0.4) is 0 Å². The van der Waals surface area contributed by atoms with E-state index in [1.165, 1.54) is 32.1 Å². The molecule has 0 aliphatic heterocycles. The standard InChI is InChI=1S/C30H55O8P/c1-3-5-7-9-11-12-13-14-15-16-17-19-21-23-25-30(32)38-28(27-37-39(33,34)35)26-36-29(31)24-22-20-18-10-8-6-4-2/h9,11,13-14,28H,3-8,10,12,15-27H2,1-2H3,(H2,33,34,35)/b11-9-,14-13-.